The molecule has 4 aliphatic carbocycles. The van der Waals surface area contributed by atoms with Crippen LogP contribution in [-0.4, -0.2) is 11.4 Å². The second kappa shape index (κ2) is 7.74. The van der Waals surface area contributed by atoms with Crippen molar-refractivity contribution in [1.29, 1.82) is 0 Å². The number of amides is 1. The lowest BCUT2D eigenvalue weighted by atomic mass is 9.53. The molecule has 0 aromatic heterocycles. The fourth-order valence-electron chi connectivity index (χ4n) is 6.33. The number of carbonyl (C=O) groups excluding carboxylic acids is 1. The summed E-state index contributed by atoms with van der Waals surface area (Å²) in [6, 6.07) is 8.40. The van der Waals surface area contributed by atoms with Crippen LogP contribution in [0.3, 0.4) is 0 Å². The topological polar surface area (TPSA) is 29.1 Å². The van der Waals surface area contributed by atoms with E-state index in [0.717, 1.165) is 29.7 Å². The fraction of sp³-hybridized carbons (Fsp3) is 0.708. The first-order valence-corrected chi connectivity index (χ1v) is 11.1. The second-order valence-electron chi connectivity index (χ2n) is 9.51. The summed E-state index contributed by atoms with van der Waals surface area (Å²) >= 11 is 0. The molecular weight excluding hydrogens is 318 g/mol. The van der Waals surface area contributed by atoms with Crippen molar-refractivity contribution in [3.63, 3.8) is 0 Å². The maximum atomic E-state index is 12.9. The molecule has 142 valence electrons. The number of aryl methyl sites for hydroxylation is 1. The maximum Gasteiger partial charge on any atom is 0.251 e. The lowest BCUT2D eigenvalue weighted by molar-refractivity contribution is -0.0167. The Hall–Kier alpha value is -1.31. The molecule has 0 unspecified atom stereocenters. The third-order valence-electron chi connectivity index (χ3n) is 7.20. The number of hydrogen-bond acceptors (Lipinski definition) is 1. The number of carbonyl (C=O) groups is 1. The molecule has 1 amide bonds. The number of hydrogen-bond donors (Lipinski definition) is 1. The van der Waals surface area contributed by atoms with Crippen LogP contribution in [0.4, 0.5) is 0 Å². The van der Waals surface area contributed by atoms with Gasteiger partial charge >= 0.3 is 0 Å². The Labute approximate surface area is 159 Å². The Bertz CT molecular complexity index is 582. The summed E-state index contributed by atoms with van der Waals surface area (Å²) in [7, 11) is 0. The molecule has 26 heavy (non-hydrogen) atoms. The lowest BCUT2D eigenvalue weighted by Gasteiger charge is -2.56. The summed E-state index contributed by atoms with van der Waals surface area (Å²) in [6.45, 7) is 2.26. The zero-order valence-electron chi connectivity index (χ0n) is 16.4. The van der Waals surface area contributed by atoms with Crippen molar-refractivity contribution in [2.75, 3.05) is 0 Å². The molecule has 4 saturated carbocycles. The Balaban J connectivity index is 1.31. The Morgan fingerprint density at radius 2 is 1.50 bits per heavy atom. The highest BCUT2D eigenvalue weighted by atomic mass is 16.1. The van der Waals surface area contributed by atoms with E-state index in [2.05, 4.69) is 24.4 Å². The summed E-state index contributed by atoms with van der Waals surface area (Å²) in [5, 5.41) is 3.49. The van der Waals surface area contributed by atoms with Gasteiger partial charge in [-0.1, -0.05) is 44.7 Å². The highest BCUT2D eigenvalue weighted by Crippen LogP contribution is 2.55. The molecule has 2 nitrogen and oxygen atoms in total. The Morgan fingerprint density at radius 1 is 0.923 bits per heavy atom. The minimum absolute atomic E-state index is 0.115. The number of unbranched alkanes of at least 4 members (excludes halogenated alkanes) is 4. The third kappa shape index (κ3) is 4.00. The van der Waals surface area contributed by atoms with E-state index in [0.29, 0.717) is 0 Å². The third-order valence-corrected chi connectivity index (χ3v) is 7.20. The average molecular weight is 354 g/mol. The normalized spacial score (nSPS) is 32.0. The van der Waals surface area contributed by atoms with E-state index in [1.54, 1.807) is 0 Å². The molecule has 5 rings (SSSR count). The highest BCUT2D eigenvalue weighted by Gasteiger charge is 2.51. The van der Waals surface area contributed by atoms with E-state index in [-0.39, 0.29) is 11.4 Å². The first-order valence-electron chi connectivity index (χ1n) is 11.1. The van der Waals surface area contributed by atoms with Crippen molar-refractivity contribution in [2.45, 2.75) is 89.5 Å². The minimum atomic E-state index is 0.115. The highest BCUT2D eigenvalue weighted by molar-refractivity contribution is 5.94. The summed E-state index contributed by atoms with van der Waals surface area (Å²) in [6.07, 6.45) is 15.6. The van der Waals surface area contributed by atoms with Crippen molar-refractivity contribution in [3.05, 3.63) is 35.4 Å². The first-order chi connectivity index (χ1) is 12.7. The maximum absolute atomic E-state index is 12.9. The molecule has 1 N–H and O–H groups in total. The summed E-state index contributed by atoms with van der Waals surface area (Å²) in [5.74, 6) is 2.77. The molecule has 0 aliphatic heterocycles. The number of rotatable bonds is 8. The predicted molar refractivity (Wildman–Crippen MR) is 107 cm³/mol. The molecule has 4 fully saturated rings. The van der Waals surface area contributed by atoms with Crippen LogP contribution in [0.15, 0.2) is 24.3 Å². The molecule has 2 heteroatoms. The quantitative estimate of drug-likeness (QED) is 0.579. The van der Waals surface area contributed by atoms with Gasteiger partial charge in [0.2, 0.25) is 0 Å². The van der Waals surface area contributed by atoms with Gasteiger partial charge in [-0.25, -0.2) is 0 Å². The van der Waals surface area contributed by atoms with Gasteiger partial charge in [0.15, 0.2) is 0 Å². The van der Waals surface area contributed by atoms with E-state index in [4.69, 9.17) is 0 Å². The molecule has 0 saturated heterocycles. The van der Waals surface area contributed by atoms with E-state index >= 15 is 0 Å². The average Bonchev–Trinajstić information content (AvgIpc) is 2.60. The largest absolute Gasteiger partial charge is 0.347 e. The molecular formula is C24H35NO. The molecule has 0 atom stereocenters. The van der Waals surface area contributed by atoms with Gasteiger partial charge in [-0.2, -0.15) is 0 Å². The Morgan fingerprint density at radius 3 is 2.08 bits per heavy atom. The van der Waals surface area contributed by atoms with E-state index in [1.165, 1.54) is 76.2 Å². The second-order valence-corrected chi connectivity index (χ2v) is 9.51. The summed E-state index contributed by atoms with van der Waals surface area (Å²) in [4.78, 5) is 12.9. The number of benzene rings is 1. The van der Waals surface area contributed by atoms with Crippen LogP contribution in [0.1, 0.15) is 93.5 Å². The monoisotopic (exact) mass is 353 g/mol. The first kappa shape index (κ1) is 18.1. The number of nitrogens with one attached hydrogen (secondary N) is 1. The van der Waals surface area contributed by atoms with Gasteiger partial charge in [-0.3, -0.25) is 4.79 Å². The van der Waals surface area contributed by atoms with Crippen LogP contribution in [0, 0.1) is 17.8 Å². The van der Waals surface area contributed by atoms with Crippen LogP contribution in [0.25, 0.3) is 0 Å². The van der Waals surface area contributed by atoms with Gasteiger partial charge in [0, 0.05) is 11.1 Å². The van der Waals surface area contributed by atoms with Gasteiger partial charge in [0.05, 0.1) is 0 Å². The smallest absolute Gasteiger partial charge is 0.251 e. The van der Waals surface area contributed by atoms with E-state index < -0.39 is 0 Å². The summed E-state index contributed by atoms with van der Waals surface area (Å²) < 4.78 is 0. The van der Waals surface area contributed by atoms with Crippen molar-refractivity contribution in [3.8, 4) is 0 Å². The minimum Gasteiger partial charge on any atom is -0.347 e. The van der Waals surface area contributed by atoms with Gasteiger partial charge in [0.1, 0.15) is 0 Å². The summed E-state index contributed by atoms with van der Waals surface area (Å²) in [5.41, 5.74) is 2.33. The van der Waals surface area contributed by atoms with Gasteiger partial charge in [-0.15, -0.1) is 0 Å². The van der Waals surface area contributed by atoms with Crippen LogP contribution in [0.5, 0.6) is 0 Å². The fourth-order valence-corrected chi connectivity index (χ4v) is 6.33. The zero-order valence-corrected chi connectivity index (χ0v) is 16.4. The van der Waals surface area contributed by atoms with Gasteiger partial charge in [0.25, 0.3) is 5.91 Å². The molecule has 0 radical (unpaired) electrons. The van der Waals surface area contributed by atoms with Gasteiger partial charge in [-0.05, 0) is 86.8 Å². The predicted octanol–water partition coefficient (Wildman–Crippen LogP) is 5.90. The van der Waals surface area contributed by atoms with Crippen molar-refractivity contribution < 1.29 is 4.79 Å². The van der Waals surface area contributed by atoms with Crippen molar-refractivity contribution >= 4 is 5.91 Å². The molecule has 0 heterocycles. The zero-order chi connectivity index (χ0) is 18.0. The molecule has 0 spiro atoms. The van der Waals surface area contributed by atoms with Crippen molar-refractivity contribution in [1.82, 2.24) is 5.32 Å². The SMILES string of the molecule is CCCCCCCc1ccc(C(=O)NC23CC4CC(CC(C4)C2)C3)cc1. The van der Waals surface area contributed by atoms with Crippen LogP contribution >= 0.6 is 0 Å². The molecule has 1 aromatic rings. The molecule has 4 aliphatic rings. The lowest BCUT2D eigenvalue weighted by Crippen LogP contribution is -2.59. The molecule has 4 bridgehead atoms. The standard InChI is InChI=1S/C24H35NO/c1-2-3-4-5-6-7-18-8-10-22(11-9-18)23(26)25-24-15-19-12-20(16-24)14-21(13-19)17-24/h8-11,19-21H,2-7,12-17H2,1H3,(H,25,26). The van der Waals surface area contributed by atoms with Crippen LogP contribution in [0.2, 0.25) is 0 Å². The van der Waals surface area contributed by atoms with Crippen LogP contribution < -0.4 is 5.32 Å². The Kier molecular flexibility index (Phi) is 5.38. The van der Waals surface area contributed by atoms with Gasteiger partial charge < -0.3 is 5.32 Å². The van der Waals surface area contributed by atoms with E-state index in [1.807, 2.05) is 12.1 Å². The van der Waals surface area contributed by atoms with Crippen molar-refractivity contribution in [2.24, 2.45) is 17.8 Å². The molecule has 1 aromatic carbocycles. The van der Waals surface area contributed by atoms with E-state index in [9.17, 15) is 4.79 Å². The van der Waals surface area contributed by atoms with Crippen LogP contribution in [-0.2, 0) is 6.42 Å².